The van der Waals surface area contributed by atoms with Crippen molar-refractivity contribution in [2.75, 3.05) is 7.11 Å². The highest BCUT2D eigenvalue weighted by molar-refractivity contribution is 7.98. The van der Waals surface area contributed by atoms with Gasteiger partial charge in [-0.2, -0.15) is 0 Å². The second-order valence-corrected chi connectivity index (χ2v) is 5.56. The Hall–Kier alpha value is -2.94. The third-order valence-corrected chi connectivity index (χ3v) is 4.05. The summed E-state index contributed by atoms with van der Waals surface area (Å²) >= 11 is 1.32. The van der Waals surface area contributed by atoms with E-state index in [4.69, 9.17) is 4.74 Å². The number of thioether (sulfide) groups is 1. The summed E-state index contributed by atoms with van der Waals surface area (Å²) in [6, 6.07) is 8.83. The van der Waals surface area contributed by atoms with Gasteiger partial charge in [-0.15, -0.1) is 5.10 Å². The minimum absolute atomic E-state index is 0.0887. The van der Waals surface area contributed by atoms with Gasteiger partial charge in [-0.1, -0.05) is 17.0 Å². The van der Waals surface area contributed by atoms with Gasteiger partial charge in [-0.05, 0) is 30.3 Å². The van der Waals surface area contributed by atoms with E-state index in [1.54, 1.807) is 49.8 Å². The molecule has 0 spiro atoms. The SMILES string of the molecule is COc1ccc(-n2nnc(C(=O)O)c2CSc2ncccn2)cc1. The number of hydrogen-bond donors (Lipinski definition) is 1. The normalized spacial score (nSPS) is 10.5. The van der Waals surface area contributed by atoms with Gasteiger partial charge in [-0.25, -0.2) is 19.4 Å². The molecule has 0 aliphatic carbocycles. The summed E-state index contributed by atoms with van der Waals surface area (Å²) in [6.45, 7) is 0. The summed E-state index contributed by atoms with van der Waals surface area (Å²) in [4.78, 5) is 19.6. The number of aromatic nitrogens is 5. The molecule has 0 aliphatic heterocycles. The predicted octanol–water partition coefficient (Wildman–Crippen LogP) is 2.06. The van der Waals surface area contributed by atoms with Crippen molar-refractivity contribution >= 4 is 17.7 Å². The summed E-state index contributed by atoms with van der Waals surface area (Å²) in [7, 11) is 1.58. The number of nitrogens with zero attached hydrogens (tertiary/aromatic N) is 5. The molecule has 8 nitrogen and oxygen atoms in total. The van der Waals surface area contributed by atoms with E-state index in [0.717, 1.165) is 0 Å². The second-order valence-electron chi connectivity index (χ2n) is 4.62. The van der Waals surface area contributed by atoms with Crippen molar-refractivity contribution in [3.63, 3.8) is 0 Å². The molecule has 1 aromatic carbocycles. The summed E-state index contributed by atoms with van der Waals surface area (Å²) in [5.41, 5.74) is 1.07. The Balaban J connectivity index is 1.92. The first kappa shape index (κ1) is 15.9. The molecule has 0 radical (unpaired) electrons. The molecular weight excluding hydrogens is 330 g/mol. The average molecular weight is 343 g/mol. The Morgan fingerprint density at radius 1 is 1.25 bits per heavy atom. The molecule has 1 N–H and O–H groups in total. The van der Waals surface area contributed by atoms with Crippen LogP contribution in [0.4, 0.5) is 0 Å². The van der Waals surface area contributed by atoms with Crippen LogP contribution in [0.3, 0.4) is 0 Å². The van der Waals surface area contributed by atoms with Crippen LogP contribution in [0.5, 0.6) is 5.75 Å². The smallest absolute Gasteiger partial charge is 0.358 e. The van der Waals surface area contributed by atoms with Crippen LogP contribution >= 0.6 is 11.8 Å². The number of carbonyl (C=O) groups is 1. The van der Waals surface area contributed by atoms with Gasteiger partial charge in [0.2, 0.25) is 0 Å². The van der Waals surface area contributed by atoms with E-state index in [9.17, 15) is 9.90 Å². The summed E-state index contributed by atoms with van der Waals surface area (Å²) < 4.78 is 6.62. The van der Waals surface area contributed by atoms with Gasteiger partial charge in [-0.3, -0.25) is 0 Å². The number of carboxylic acid groups (broad SMARTS) is 1. The lowest BCUT2D eigenvalue weighted by molar-refractivity contribution is 0.0689. The summed E-state index contributed by atoms with van der Waals surface area (Å²) in [5.74, 6) is -0.102. The van der Waals surface area contributed by atoms with Crippen LogP contribution in [0.15, 0.2) is 47.9 Å². The standard InChI is InChI=1S/C15H13N5O3S/c1-23-11-5-3-10(4-6-11)20-12(13(14(21)22)18-19-20)9-24-15-16-7-2-8-17-15/h2-8H,9H2,1H3,(H,21,22). The number of methoxy groups -OCH3 is 1. The lowest BCUT2D eigenvalue weighted by Gasteiger charge is -2.07. The molecule has 122 valence electrons. The van der Waals surface area contributed by atoms with Crippen molar-refractivity contribution in [3.05, 3.63) is 54.1 Å². The van der Waals surface area contributed by atoms with Crippen LogP contribution in [-0.2, 0) is 5.75 Å². The molecule has 0 bridgehead atoms. The number of benzene rings is 1. The van der Waals surface area contributed by atoms with Gasteiger partial charge in [0.25, 0.3) is 0 Å². The highest BCUT2D eigenvalue weighted by Crippen LogP contribution is 2.23. The quantitative estimate of drug-likeness (QED) is 0.536. The van der Waals surface area contributed by atoms with E-state index in [1.165, 1.54) is 16.4 Å². The van der Waals surface area contributed by atoms with Crippen molar-refractivity contribution in [1.82, 2.24) is 25.0 Å². The molecule has 0 aliphatic rings. The zero-order chi connectivity index (χ0) is 16.9. The molecule has 3 rings (SSSR count). The minimum Gasteiger partial charge on any atom is -0.497 e. The van der Waals surface area contributed by atoms with Crippen molar-refractivity contribution in [3.8, 4) is 11.4 Å². The fourth-order valence-corrected chi connectivity index (χ4v) is 2.82. The predicted molar refractivity (Wildman–Crippen MR) is 86.5 cm³/mol. The van der Waals surface area contributed by atoms with Gasteiger partial charge in [0.05, 0.1) is 18.5 Å². The Morgan fingerprint density at radius 2 is 1.96 bits per heavy atom. The lowest BCUT2D eigenvalue weighted by Crippen LogP contribution is -2.06. The van der Waals surface area contributed by atoms with Crippen molar-refractivity contribution < 1.29 is 14.6 Å². The topological polar surface area (TPSA) is 103 Å². The first-order valence-corrected chi connectivity index (χ1v) is 7.89. The third-order valence-electron chi connectivity index (χ3n) is 3.16. The molecule has 0 unspecified atom stereocenters. The number of rotatable bonds is 6. The van der Waals surface area contributed by atoms with Crippen LogP contribution in [0, 0.1) is 0 Å². The monoisotopic (exact) mass is 343 g/mol. The molecule has 0 saturated heterocycles. The maximum atomic E-state index is 11.4. The van der Waals surface area contributed by atoms with Gasteiger partial charge < -0.3 is 9.84 Å². The molecule has 0 saturated carbocycles. The van der Waals surface area contributed by atoms with Crippen molar-refractivity contribution in [2.24, 2.45) is 0 Å². The van der Waals surface area contributed by atoms with Crippen LogP contribution < -0.4 is 4.74 Å². The molecule has 3 aromatic rings. The Kier molecular flexibility index (Phi) is 4.71. The van der Waals surface area contributed by atoms with Gasteiger partial charge >= 0.3 is 5.97 Å². The fourth-order valence-electron chi connectivity index (χ4n) is 2.02. The van der Waals surface area contributed by atoms with E-state index >= 15 is 0 Å². The second kappa shape index (κ2) is 7.09. The summed E-state index contributed by atoms with van der Waals surface area (Å²) in [5, 5.41) is 17.6. The molecule has 0 fully saturated rings. The van der Waals surface area contributed by atoms with Gasteiger partial charge in [0, 0.05) is 18.1 Å². The van der Waals surface area contributed by atoms with Crippen molar-refractivity contribution in [2.45, 2.75) is 10.9 Å². The van der Waals surface area contributed by atoms with Crippen LogP contribution in [0.1, 0.15) is 16.2 Å². The van der Waals surface area contributed by atoms with E-state index in [-0.39, 0.29) is 5.69 Å². The Labute approximate surface area is 141 Å². The van der Waals surface area contributed by atoms with E-state index in [0.29, 0.717) is 28.0 Å². The molecule has 0 amide bonds. The van der Waals surface area contributed by atoms with Crippen LogP contribution in [0.25, 0.3) is 5.69 Å². The number of carboxylic acids is 1. The zero-order valence-corrected chi connectivity index (χ0v) is 13.5. The maximum Gasteiger partial charge on any atom is 0.358 e. The highest BCUT2D eigenvalue weighted by atomic mass is 32.2. The number of hydrogen-bond acceptors (Lipinski definition) is 7. The molecular formula is C15H13N5O3S. The summed E-state index contributed by atoms with van der Waals surface area (Å²) in [6.07, 6.45) is 3.26. The molecule has 9 heteroatoms. The first-order chi connectivity index (χ1) is 11.7. The largest absolute Gasteiger partial charge is 0.497 e. The number of ether oxygens (including phenoxy) is 1. The van der Waals surface area contributed by atoms with Crippen LogP contribution in [-0.4, -0.2) is 43.1 Å². The highest BCUT2D eigenvalue weighted by Gasteiger charge is 2.20. The van der Waals surface area contributed by atoms with Crippen LogP contribution in [0.2, 0.25) is 0 Å². The molecule has 2 heterocycles. The van der Waals surface area contributed by atoms with Gasteiger partial charge in [0.1, 0.15) is 5.75 Å². The van der Waals surface area contributed by atoms with E-state index < -0.39 is 5.97 Å². The minimum atomic E-state index is -1.13. The van der Waals surface area contributed by atoms with E-state index in [1.807, 2.05) is 0 Å². The molecule has 2 aromatic heterocycles. The lowest BCUT2D eigenvalue weighted by atomic mass is 10.3. The Bertz CT molecular complexity index is 836. The number of aromatic carboxylic acids is 1. The van der Waals surface area contributed by atoms with E-state index in [2.05, 4.69) is 20.3 Å². The van der Waals surface area contributed by atoms with Crippen molar-refractivity contribution in [1.29, 1.82) is 0 Å². The molecule has 24 heavy (non-hydrogen) atoms. The molecule has 0 atom stereocenters. The average Bonchev–Trinajstić information content (AvgIpc) is 3.05. The van der Waals surface area contributed by atoms with Gasteiger partial charge in [0.15, 0.2) is 10.9 Å². The maximum absolute atomic E-state index is 11.4. The third kappa shape index (κ3) is 3.35. The first-order valence-electron chi connectivity index (χ1n) is 6.91. The Morgan fingerprint density at radius 3 is 2.58 bits per heavy atom. The fraction of sp³-hybridized carbons (Fsp3) is 0.133. The zero-order valence-electron chi connectivity index (χ0n) is 12.7.